The quantitative estimate of drug-likeness (QED) is 0.858. The monoisotopic (exact) mass is 263 g/mol. The largest absolute Gasteiger partial charge is 0.497 e. The number of rotatable bonds is 5. The van der Waals surface area contributed by atoms with Crippen LogP contribution in [-0.2, 0) is 5.60 Å². The van der Waals surface area contributed by atoms with E-state index in [0.717, 1.165) is 43.5 Å². The Morgan fingerprint density at radius 1 is 1.26 bits per heavy atom. The van der Waals surface area contributed by atoms with E-state index in [-0.39, 0.29) is 0 Å². The third kappa shape index (κ3) is 3.48. The van der Waals surface area contributed by atoms with Gasteiger partial charge in [-0.05, 0) is 56.3 Å². The third-order valence-electron chi connectivity index (χ3n) is 4.12. The van der Waals surface area contributed by atoms with Gasteiger partial charge in [-0.25, -0.2) is 0 Å². The minimum atomic E-state index is -0.656. The first-order chi connectivity index (χ1) is 9.18. The van der Waals surface area contributed by atoms with Gasteiger partial charge in [-0.2, -0.15) is 0 Å². The van der Waals surface area contributed by atoms with E-state index in [2.05, 4.69) is 12.2 Å². The molecule has 3 heteroatoms. The molecular formula is C16H25NO2. The van der Waals surface area contributed by atoms with Gasteiger partial charge in [-0.1, -0.05) is 19.1 Å². The van der Waals surface area contributed by atoms with Crippen LogP contribution in [0.25, 0.3) is 0 Å². The minimum Gasteiger partial charge on any atom is -0.497 e. The molecule has 0 saturated heterocycles. The molecule has 0 unspecified atom stereocenters. The molecule has 0 bridgehead atoms. The number of hydrogen-bond acceptors (Lipinski definition) is 3. The van der Waals surface area contributed by atoms with Gasteiger partial charge in [0.05, 0.1) is 12.7 Å². The second-order valence-corrected chi connectivity index (χ2v) is 5.49. The highest BCUT2D eigenvalue weighted by molar-refractivity contribution is 5.31. The van der Waals surface area contributed by atoms with E-state index in [1.807, 2.05) is 24.3 Å². The van der Waals surface area contributed by atoms with Crippen LogP contribution in [0.4, 0.5) is 0 Å². The molecule has 0 aliphatic heterocycles. The van der Waals surface area contributed by atoms with E-state index in [9.17, 15) is 5.11 Å². The van der Waals surface area contributed by atoms with Crippen LogP contribution in [0.5, 0.6) is 5.75 Å². The summed E-state index contributed by atoms with van der Waals surface area (Å²) in [5.74, 6) is 0.839. The fourth-order valence-corrected chi connectivity index (χ4v) is 2.84. The molecule has 0 radical (unpaired) electrons. The summed E-state index contributed by atoms with van der Waals surface area (Å²) in [6.45, 7) is 3.26. The maximum atomic E-state index is 10.8. The van der Waals surface area contributed by atoms with E-state index in [1.165, 1.54) is 6.42 Å². The lowest BCUT2D eigenvalue weighted by molar-refractivity contribution is -0.00829. The average Bonchev–Trinajstić information content (AvgIpc) is 2.47. The van der Waals surface area contributed by atoms with Crippen molar-refractivity contribution in [3.63, 3.8) is 0 Å². The molecule has 1 fully saturated rings. The lowest BCUT2D eigenvalue weighted by Crippen LogP contribution is -2.40. The molecule has 1 aliphatic rings. The molecule has 0 heterocycles. The summed E-state index contributed by atoms with van der Waals surface area (Å²) < 4.78 is 5.16. The van der Waals surface area contributed by atoms with Crippen molar-refractivity contribution in [3.05, 3.63) is 29.8 Å². The summed E-state index contributed by atoms with van der Waals surface area (Å²) in [6.07, 6.45) is 4.92. The maximum Gasteiger partial charge on any atom is 0.118 e. The average molecular weight is 263 g/mol. The number of methoxy groups -OCH3 is 1. The molecule has 2 rings (SSSR count). The summed E-state index contributed by atoms with van der Waals surface area (Å²) in [4.78, 5) is 0. The Hall–Kier alpha value is -1.06. The highest BCUT2D eigenvalue weighted by atomic mass is 16.5. The Morgan fingerprint density at radius 2 is 1.89 bits per heavy atom. The molecule has 0 spiro atoms. The predicted octanol–water partition coefficient (Wildman–Crippen LogP) is 2.83. The molecule has 19 heavy (non-hydrogen) atoms. The maximum absolute atomic E-state index is 10.8. The number of hydrogen-bond donors (Lipinski definition) is 2. The third-order valence-corrected chi connectivity index (χ3v) is 4.12. The topological polar surface area (TPSA) is 41.5 Å². The van der Waals surface area contributed by atoms with E-state index >= 15 is 0 Å². The first-order valence-electron chi connectivity index (χ1n) is 7.28. The van der Waals surface area contributed by atoms with Crippen molar-refractivity contribution in [2.75, 3.05) is 13.7 Å². The van der Waals surface area contributed by atoms with E-state index < -0.39 is 5.60 Å². The Labute approximate surface area is 116 Å². The van der Waals surface area contributed by atoms with E-state index in [0.29, 0.717) is 6.04 Å². The minimum absolute atomic E-state index is 0.568. The van der Waals surface area contributed by atoms with Crippen molar-refractivity contribution >= 4 is 0 Å². The molecule has 106 valence electrons. The Morgan fingerprint density at radius 3 is 2.42 bits per heavy atom. The molecule has 1 aromatic carbocycles. The van der Waals surface area contributed by atoms with Gasteiger partial charge in [0.15, 0.2) is 0 Å². The van der Waals surface area contributed by atoms with Gasteiger partial charge in [0.25, 0.3) is 0 Å². The number of ether oxygens (including phenoxy) is 1. The predicted molar refractivity (Wildman–Crippen MR) is 77.4 cm³/mol. The van der Waals surface area contributed by atoms with Crippen molar-refractivity contribution in [1.82, 2.24) is 5.32 Å². The molecule has 0 amide bonds. The Kier molecular flexibility index (Phi) is 4.83. The van der Waals surface area contributed by atoms with E-state index in [1.54, 1.807) is 7.11 Å². The van der Waals surface area contributed by atoms with Crippen molar-refractivity contribution in [2.45, 2.75) is 50.7 Å². The first kappa shape index (κ1) is 14.4. The zero-order valence-corrected chi connectivity index (χ0v) is 12.0. The van der Waals surface area contributed by atoms with Crippen LogP contribution in [0.1, 0.15) is 44.6 Å². The van der Waals surface area contributed by atoms with Gasteiger partial charge in [0, 0.05) is 6.04 Å². The zero-order chi connectivity index (χ0) is 13.7. The first-order valence-corrected chi connectivity index (χ1v) is 7.28. The highest BCUT2D eigenvalue weighted by Gasteiger charge is 2.34. The molecule has 1 aromatic rings. The smallest absolute Gasteiger partial charge is 0.118 e. The van der Waals surface area contributed by atoms with Gasteiger partial charge >= 0.3 is 0 Å². The summed E-state index contributed by atoms with van der Waals surface area (Å²) in [5.41, 5.74) is 0.360. The number of nitrogens with one attached hydrogen (secondary N) is 1. The van der Waals surface area contributed by atoms with Crippen LogP contribution in [0.2, 0.25) is 0 Å². The zero-order valence-electron chi connectivity index (χ0n) is 12.0. The Bertz CT molecular complexity index is 380. The molecule has 1 saturated carbocycles. The summed E-state index contributed by atoms with van der Waals surface area (Å²) in [6, 6.07) is 8.39. The van der Waals surface area contributed by atoms with Crippen molar-refractivity contribution < 1.29 is 9.84 Å². The van der Waals surface area contributed by atoms with Crippen molar-refractivity contribution in [2.24, 2.45) is 0 Å². The Balaban J connectivity index is 1.96. The van der Waals surface area contributed by atoms with E-state index in [4.69, 9.17) is 4.74 Å². The normalized spacial score (nSPS) is 27.2. The lowest BCUT2D eigenvalue weighted by Gasteiger charge is -2.37. The van der Waals surface area contributed by atoms with Crippen LogP contribution in [0, 0.1) is 0 Å². The molecule has 3 nitrogen and oxygen atoms in total. The molecular weight excluding hydrogens is 238 g/mol. The van der Waals surface area contributed by atoms with Gasteiger partial charge < -0.3 is 15.2 Å². The van der Waals surface area contributed by atoms with Crippen LogP contribution in [-0.4, -0.2) is 24.8 Å². The SMILES string of the molecule is CCCNC1CCC(O)(c2ccc(OC)cc2)CC1. The van der Waals surface area contributed by atoms with Crippen molar-refractivity contribution in [3.8, 4) is 5.75 Å². The van der Waals surface area contributed by atoms with Gasteiger partial charge in [0.1, 0.15) is 5.75 Å². The van der Waals surface area contributed by atoms with Gasteiger partial charge in [0.2, 0.25) is 0 Å². The summed E-state index contributed by atoms with van der Waals surface area (Å²) >= 11 is 0. The summed E-state index contributed by atoms with van der Waals surface area (Å²) in [7, 11) is 1.66. The van der Waals surface area contributed by atoms with Crippen LogP contribution < -0.4 is 10.1 Å². The number of aliphatic hydroxyl groups is 1. The molecule has 0 aromatic heterocycles. The number of benzene rings is 1. The molecule has 1 aliphatic carbocycles. The molecule has 0 atom stereocenters. The lowest BCUT2D eigenvalue weighted by atomic mass is 9.77. The van der Waals surface area contributed by atoms with Gasteiger partial charge in [-0.3, -0.25) is 0 Å². The van der Waals surface area contributed by atoms with Gasteiger partial charge in [-0.15, -0.1) is 0 Å². The second-order valence-electron chi connectivity index (χ2n) is 5.49. The van der Waals surface area contributed by atoms with Crippen LogP contribution in [0.3, 0.4) is 0 Å². The summed E-state index contributed by atoms with van der Waals surface area (Å²) in [5, 5.41) is 14.3. The second kappa shape index (κ2) is 6.40. The fraction of sp³-hybridized carbons (Fsp3) is 0.625. The van der Waals surface area contributed by atoms with Crippen LogP contribution in [0.15, 0.2) is 24.3 Å². The van der Waals surface area contributed by atoms with Crippen molar-refractivity contribution in [1.29, 1.82) is 0 Å². The molecule has 2 N–H and O–H groups in total. The standard InChI is InChI=1S/C16H25NO2/c1-3-12-17-14-8-10-16(18,11-9-14)13-4-6-15(19-2)7-5-13/h4-7,14,17-18H,3,8-12H2,1-2H3. The fourth-order valence-electron chi connectivity index (χ4n) is 2.84. The van der Waals surface area contributed by atoms with Crippen LogP contribution >= 0.6 is 0 Å². The highest BCUT2D eigenvalue weighted by Crippen LogP contribution is 2.37.